The lowest BCUT2D eigenvalue weighted by atomic mass is 9.62. The molecule has 2 bridgehead atoms. The number of hydrogen-bond acceptors (Lipinski definition) is 2. The molecule has 0 spiro atoms. The summed E-state index contributed by atoms with van der Waals surface area (Å²) in [4.78, 5) is 26.8. The number of carbonyl (C=O) groups excluding carboxylic acids is 2. The highest BCUT2D eigenvalue weighted by Gasteiger charge is 2.61. The molecule has 4 rings (SSSR count). The van der Waals surface area contributed by atoms with E-state index in [1.165, 1.54) is 16.7 Å². The molecule has 0 aromatic heterocycles. The fourth-order valence-electron chi connectivity index (χ4n) is 6.26. The second-order valence-corrected chi connectivity index (χ2v) is 10.7. The minimum absolute atomic E-state index is 0.113. The van der Waals surface area contributed by atoms with Gasteiger partial charge in [-0.2, -0.15) is 0 Å². The quantitative estimate of drug-likeness (QED) is 0.376. The monoisotopic (exact) mass is 430 g/mol. The summed E-state index contributed by atoms with van der Waals surface area (Å²) < 4.78 is 0. The van der Waals surface area contributed by atoms with E-state index in [0.29, 0.717) is 12.8 Å². The van der Waals surface area contributed by atoms with Gasteiger partial charge in [-0.15, -0.1) is 0 Å². The minimum atomic E-state index is -0.154. The molecule has 0 amide bonds. The Bertz CT molecular complexity index is 976. The van der Waals surface area contributed by atoms with E-state index in [1.807, 2.05) is 6.08 Å². The van der Waals surface area contributed by atoms with Crippen molar-refractivity contribution in [3.63, 3.8) is 0 Å². The molecular formula is C30H38O2. The van der Waals surface area contributed by atoms with Crippen LogP contribution in [0, 0.1) is 23.2 Å². The predicted octanol–water partition coefficient (Wildman–Crippen LogP) is 7.40. The van der Waals surface area contributed by atoms with Gasteiger partial charge in [0, 0.05) is 28.4 Å². The van der Waals surface area contributed by atoms with Gasteiger partial charge in [0.25, 0.3) is 0 Å². The molecule has 2 heteroatoms. The van der Waals surface area contributed by atoms with E-state index in [-0.39, 0.29) is 34.7 Å². The van der Waals surface area contributed by atoms with Gasteiger partial charge < -0.3 is 0 Å². The number of rotatable bonds is 8. The van der Waals surface area contributed by atoms with E-state index >= 15 is 0 Å². The molecule has 170 valence electrons. The fraction of sp³-hybridized carbons (Fsp3) is 0.533. The third-order valence-corrected chi connectivity index (χ3v) is 8.04. The summed E-state index contributed by atoms with van der Waals surface area (Å²) in [5, 5.41) is 0. The van der Waals surface area contributed by atoms with Crippen LogP contribution in [0.2, 0.25) is 0 Å². The molecule has 0 N–H and O–H groups in total. The topological polar surface area (TPSA) is 34.1 Å². The van der Waals surface area contributed by atoms with Gasteiger partial charge >= 0.3 is 0 Å². The van der Waals surface area contributed by atoms with Crippen molar-refractivity contribution >= 4 is 11.6 Å². The first-order valence-corrected chi connectivity index (χ1v) is 12.4. The van der Waals surface area contributed by atoms with E-state index in [1.54, 1.807) is 0 Å². The fourth-order valence-corrected chi connectivity index (χ4v) is 6.26. The van der Waals surface area contributed by atoms with Gasteiger partial charge in [0.15, 0.2) is 11.6 Å². The summed E-state index contributed by atoms with van der Waals surface area (Å²) in [7, 11) is 0. The van der Waals surface area contributed by atoms with Crippen molar-refractivity contribution in [1.29, 1.82) is 0 Å². The summed E-state index contributed by atoms with van der Waals surface area (Å²) >= 11 is 0. The Morgan fingerprint density at radius 2 is 1.53 bits per heavy atom. The van der Waals surface area contributed by atoms with Crippen molar-refractivity contribution in [3.8, 4) is 0 Å². The normalized spacial score (nSPS) is 31.3. The first-order valence-electron chi connectivity index (χ1n) is 12.4. The zero-order valence-electron chi connectivity index (χ0n) is 20.2. The van der Waals surface area contributed by atoms with Gasteiger partial charge in [0.2, 0.25) is 0 Å². The zero-order valence-corrected chi connectivity index (χ0v) is 20.2. The molecule has 0 aliphatic heterocycles. The molecule has 0 heterocycles. The Morgan fingerprint density at radius 1 is 0.906 bits per heavy atom. The summed E-state index contributed by atoms with van der Waals surface area (Å²) in [6.45, 7) is 8.75. The Kier molecular flexibility index (Phi) is 6.70. The number of fused-ring (bicyclic) bond motifs is 5. The smallest absolute Gasteiger partial charge is 0.164 e. The second-order valence-electron chi connectivity index (χ2n) is 10.7. The Balaban J connectivity index is 1.40. The largest absolute Gasteiger partial charge is 0.294 e. The van der Waals surface area contributed by atoms with Crippen molar-refractivity contribution in [2.45, 2.75) is 79.1 Å². The van der Waals surface area contributed by atoms with Gasteiger partial charge in [-0.3, -0.25) is 9.59 Å². The van der Waals surface area contributed by atoms with Crippen LogP contribution in [0.3, 0.4) is 0 Å². The van der Waals surface area contributed by atoms with Crippen LogP contribution in [0.1, 0.15) is 79.1 Å². The summed E-state index contributed by atoms with van der Waals surface area (Å²) in [6.07, 6.45) is 23.2. The highest BCUT2D eigenvalue weighted by molar-refractivity contribution is 6.15. The maximum absolute atomic E-state index is 13.5. The van der Waals surface area contributed by atoms with Crippen LogP contribution >= 0.6 is 0 Å². The van der Waals surface area contributed by atoms with Crippen molar-refractivity contribution < 1.29 is 9.59 Å². The number of allylic oxidation sites excluding steroid dienone is 12. The van der Waals surface area contributed by atoms with Crippen LogP contribution in [0.5, 0.6) is 0 Å². The molecule has 32 heavy (non-hydrogen) atoms. The van der Waals surface area contributed by atoms with Crippen molar-refractivity contribution in [2.24, 2.45) is 23.2 Å². The van der Waals surface area contributed by atoms with Gasteiger partial charge in [0.05, 0.1) is 0 Å². The average Bonchev–Trinajstić information content (AvgIpc) is 3.33. The molecule has 0 aromatic rings. The molecule has 0 radical (unpaired) electrons. The molecule has 4 atom stereocenters. The molecule has 0 aromatic carbocycles. The van der Waals surface area contributed by atoms with Gasteiger partial charge in [-0.25, -0.2) is 0 Å². The molecule has 4 aliphatic rings. The third-order valence-electron chi connectivity index (χ3n) is 8.04. The van der Waals surface area contributed by atoms with E-state index in [0.717, 1.165) is 49.7 Å². The summed E-state index contributed by atoms with van der Waals surface area (Å²) in [5.41, 5.74) is 5.72. The first-order chi connectivity index (χ1) is 15.3. The predicted molar refractivity (Wildman–Crippen MR) is 132 cm³/mol. The van der Waals surface area contributed by atoms with E-state index in [9.17, 15) is 9.59 Å². The average molecular weight is 431 g/mol. The Morgan fingerprint density at radius 3 is 2.22 bits per heavy atom. The molecule has 4 aliphatic carbocycles. The molecule has 2 nitrogen and oxygen atoms in total. The van der Waals surface area contributed by atoms with E-state index < -0.39 is 0 Å². The number of carbonyl (C=O) groups is 2. The van der Waals surface area contributed by atoms with Crippen molar-refractivity contribution in [3.05, 3.63) is 70.4 Å². The molecule has 1 saturated carbocycles. The first kappa shape index (κ1) is 23.0. The SMILES string of the molecule is CC(C)=CCCC(C)=CCCC(C)=CC[C@]12C=C[C@H](C1)C1C(=O)C3=C(CC=CC3)C(=O)C12. The van der Waals surface area contributed by atoms with Crippen LogP contribution in [0.4, 0.5) is 0 Å². The van der Waals surface area contributed by atoms with Crippen LogP contribution in [-0.4, -0.2) is 11.6 Å². The van der Waals surface area contributed by atoms with Crippen molar-refractivity contribution in [1.82, 2.24) is 0 Å². The van der Waals surface area contributed by atoms with Crippen LogP contribution in [0.15, 0.2) is 70.4 Å². The second kappa shape index (κ2) is 9.33. The summed E-state index contributed by atoms with van der Waals surface area (Å²) in [5.74, 6) is 0.521. The van der Waals surface area contributed by atoms with Gasteiger partial charge in [0.1, 0.15) is 0 Å². The molecular weight excluding hydrogens is 392 g/mol. The Hall–Kier alpha value is -2.22. The highest BCUT2D eigenvalue weighted by Crippen LogP contribution is 2.62. The van der Waals surface area contributed by atoms with Crippen LogP contribution in [-0.2, 0) is 9.59 Å². The Labute approximate surface area is 193 Å². The maximum Gasteiger partial charge on any atom is 0.164 e. The highest BCUT2D eigenvalue weighted by atomic mass is 16.1. The third kappa shape index (κ3) is 4.34. The van der Waals surface area contributed by atoms with E-state index in [2.05, 4.69) is 64.2 Å². The molecule has 1 fully saturated rings. The van der Waals surface area contributed by atoms with Crippen LogP contribution in [0.25, 0.3) is 0 Å². The van der Waals surface area contributed by atoms with Gasteiger partial charge in [-0.1, -0.05) is 59.3 Å². The standard InChI is InChI=1S/C30H38O2/c1-20(2)9-7-10-21(3)11-8-12-22(4)15-17-30-18-16-23(19-30)26-27(30)29(32)25-14-6-5-13-24(25)28(26)31/h5-6,9,11,15-16,18,23,26-27H,7-8,10,12-14,17,19H2,1-4H3/t23-,26?,27?,30+/m1/s1. The number of Topliss-reactive ketones (excluding diaryl/α,β-unsaturated/α-hetero) is 2. The maximum atomic E-state index is 13.5. The molecule has 0 saturated heterocycles. The minimum Gasteiger partial charge on any atom is -0.294 e. The van der Waals surface area contributed by atoms with Gasteiger partial charge in [-0.05, 0) is 85.0 Å². The lowest BCUT2D eigenvalue weighted by molar-refractivity contribution is -0.132. The lowest BCUT2D eigenvalue weighted by Crippen LogP contribution is -2.44. The number of hydrogen-bond donors (Lipinski definition) is 0. The summed E-state index contributed by atoms with van der Waals surface area (Å²) in [6, 6.07) is 0. The van der Waals surface area contributed by atoms with E-state index in [4.69, 9.17) is 0 Å². The number of ketones is 2. The zero-order chi connectivity index (χ0) is 22.9. The molecule has 2 unspecified atom stereocenters. The van der Waals surface area contributed by atoms with Crippen molar-refractivity contribution in [2.75, 3.05) is 0 Å². The van der Waals surface area contributed by atoms with Crippen LogP contribution < -0.4 is 0 Å². The lowest BCUT2D eigenvalue weighted by Gasteiger charge is -2.39.